The molecule has 0 unspecified atom stereocenters. The second-order valence-electron chi connectivity index (χ2n) is 7.50. The van der Waals surface area contributed by atoms with Crippen molar-refractivity contribution < 1.29 is 29.5 Å². The average molecular weight is 445 g/mol. The van der Waals surface area contributed by atoms with Crippen LogP contribution in [0.4, 0.5) is 0 Å². The summed E-state index contributed by atoms with van der Waals surface area (Å²) in [5.41, 5.74) is 11.1. The second kappa shape index (κ2) is 17.6. The van der Waals surface area contributed by atoms with Gasteiger partial charge < -0.3 is 31.2 Å². The van der Waals surface area contributed by atoms with E-state index in [1.165, 1.54) is 0 Å². The smallest absolute Gasteiger partial charge is 0.283 e. The van der Waals surface area contributed by atoms with Gasteiger partial charge in [0.25, 0.3) is 6.26 Å². The third kappa shape index (κ3) is 11.8. The summed E-state index contributed by atoms with van der Waals surface area (Å²) < 4.78 is 11.8. The molecule has 0 saturated heterocycles. The average Bonchev–Trinajstić information content (AvgIpc) is 2.72. The van der Waals surface area contributed by atoms with Crippen molar-refractivity contribution in [3.05, 3.63) is 11.8 Å². The molecule has 1 aliphatic heterocycles. The van der Waals surface area contributed by atoms with Crippen molar-refractivity contribution in [1.82, 2.24) is 0 Å². The van der Waals surface area contributed by atoms with Crippen molar-refractivity contribution >= 4 is 5.96 Å². The Bertz CT molecular complexity index is 563. The van der Waals surface area contributed by atoms with E-state index in [-0.39, 0.29) is 42.7 Å². The van der Waals surface area contributed by atoms with Crippen LogP contribution in [0.2, 0.25) is 0 Å². The number of hydrogen-bond acceptors (Lipinski definition) is 8. The van der Waals surface area contributed by atoms with Gasteiger partial charge in [0, 0.05) is 25.6 Å². The van der Waals surface area contributed by atoms with Crippen LogP contribution in [0.15, 0.2) is 16.8 Å². The number of methoxy groups -OCH3 is 1. The van der Waals surface area contributed by atoms with Crippen LogP contribution in [0.3, 0.4) is 0 Å². The first kappa shape index (κ1) is 28.9. The summed E-state index contributed by atoms with van der Waals surface area (Å²) in [6, 6.07) is -0.172. The Kier molecular flexibility index (Phi) is 16.4. The van der Waals surface area contributed by atoms with Crippen molar-refractivity contribution in [1.29, 1.82) is 5.26 Å². The zero-order valence-electron chi connectivity index (χ0n) is 19.2. The van der Waals surface area contributed by atoms with Gasteiger partial charge in [0.15, 0.2) is 5.96 Å². The molecular weight excluding hydrogens is 404 g/mol. The molecule has 31 heavy (non-hydrogen) atoms. The van der Waals surface area contributed by atoms with Crippen molar-refractivity contribution in [3.8, 4) is 6.26 Å². The van der Waals surface area contributed by atoms with Gasteiger partial charge in [-0.05, 0) is 32.3 Å². The first-order valence-electron chi connectivity index (χ1n) is 10.7. The van der Waals surface area contributed by atoms with Gasteiger partial charge in [0.05, 0.1) is 31.1 Å². The van der Waals surface area contributed by atoms with E-state index in [1.54, 1.807) is 7.11 Å². The van der Waals surface area contributed by atoms with Crippen LogP contribution in [0.5, 0.6) is 0 Å². The number of nitrogens with two attached hydrogens (primary N) is 2. The summed E-state index contributed by atoms with van der Waals surface area (Å²) in [7, 11) is 1.65. The van der Waals surface area contributed by atoms with Crippen LogP contribution >= 0.6 is 0 Å². The maximum absolute atomic E-state index is 9.95. The third-order valence-electron chi connectivity index (χ3n) is 5.09. The highest BCUT2D eigenvalue weighted by molar-refractivity contribution is 5.76. The Morgan fingerprint density at radius 1 is 1.29 bits per heavy atom. The quantitative estimate of drug-likeness (QED) is 0.0782. The fourth-order valence-corrected chi connectivity index (χ4v) is 3.48. The number of rotatable bonds is 14. The SMILES string of the molecule is CCCCOOCCCC[C@H](CO)[C@@H](OC)[C@@H]1OC(C)=C[C@H](N=C(N)N)[C@H]1C.N#CO. The summed E-state index contributed by atoms with van der Waals surface area (Å²) in [6.07, 6.45) is 6.80. The van der Waals surface area contributed by atoms with Gasteiger partial charge >= 0.3 is 0 Å². The number of allylic oxidation sites excluding steroid dienone is 1. The molecule has 1 aliphatic rings. The Morgan fingerprint density at radius 3 is 2.42 bits per heavy atom. The molecule has 0 fully saturated rings. The van der Waals surface area contributed by atoms with Crippen molar-refractivity contribution in [2.24, 2.45) is 28.3 Å². The molecule has 1 heterocycles. The molecule has 0 aliphatic carbocycles. The van der Waals surface area contributed by atoms with Gasteiger partial charge in [-0.2, -0.15) is 5.26 Å². The number of unbranched alkanes of at least 4 members (excludes halogenated alkanes) is 2. The van der Waals surface area contributed by atoms with E-state index in [1.807, 2.05) is 19.9 Å². The Morgan fingerprint density at radius 2 is 1.90 bits per heavy atom. The minimum Gasteiger partial charge on any atom is -0.492 e. The highest BCUT2D eigenvalue weighted by Gasteiger charge is 2.39. The first-order valence-corrected chi connectivity index (χ1v) is 10.7. The van der Waals surface area contributed by atoms with Crippen LogP contribution in [0, 0.1) is 23.4 Å². The van der Waals surface area contributed by atoms with Crippen LogP contribution in [0.25, 0.3) is 0 Å². The summed E-state index contributed by atoms with van der Waals surface area (Å²) in [5.74, 6) is 0.772. The third-order valence-corrected chi connectivity index (χ3v) is 5.09. The van der Waals surface area contributed by atoms with E-state index in [0.29, 0.717) is 13.2 Å². The van der Waals surface area contributed by atoms with E-state index in [9.17, 15) is 5.11 Å². The summed E-state index contributed by atoms with van der Waals surface area (Å²) in [6.45, 7) is 7.22. The van der Waals surface area contributed by atoms with Crippen molar-refractivity contribution in [3.63, 3.8) is 0 Å². The Hall–Kier alpha value is -2.06. The van der Waals surface area contributed by atoms with Gasteiger partial charge in [-0.3, -0.25) is 0 Å². The van der Waals surface area contributed by atoms with E-state index in [2.05, 4.69) is 11.9 Å². The zero-order valence-corrected chi connectivity index (χ0v) is 19.2. The molecule has 0 aromatic carbocycles. The highest BCUT2D eigenvalue weighted by Crippen LogP contribution is 2.32. The summed E-state index contributed by atoms with van der Waals surface area (Å²) >= 11 is 0. The molecule has 1 rings (SSSR count). The van der Waals surface area contributed by atoms with Crippen LogP contribution in [-0.4, -0.2) is 61.4 Å². The number of nitrogens with zero attached hydrogens (tertiary/aromatic N) is 2. The highest BCUT2D eigenvalue weighted by atomic mass is 17.2. The van der Waals surface area contributed by atoms with Crippen molar-refractivity contribution in [2.45, 2.75) is 71.1 Å². The van der Waals surface area contributed by atoms with E-state index >= 15 is 0 Å². The van der Waals surface area contributed by atoms with Crippen LogP contribution in [0.1, 0.15) is 52.9 Å². The first-order chi connectivity index (χ1) is 14.9. The van der Waals surface area contributed by atoms with E-state index < -0.39 is 0 Å². The largest absolute Gasteiger partial charge is 0.492 e. The molecule has 180 valence electrons. The minimum atomic E-state index is -0.262. The van der Waals surface area contributed by atoms with Crippen LogP contribution in [-0.2, 0) is 19.2 Å². The number of aliphatic imine (C=N–C) groups is 1. The monoisotopic (exact) mass is 444 g/mol. The number of ether oxygens (including phenoxy) is 2. The molecule has 10 heteroatoms. The fraction of sp³-hybridized carbons (Fsp3) is 0.810. The van der Waals surface area contributed by atoms with Gasteiger partial charge in [0.1, 0.15) is 6.10 Å². The molecule has 0 spiro atoms. The predicted octanol–water partition coefficient (Wildman–Crippen LogP) is 1.95. The molecule has 0 aromatic heterocycles. The minimum absolute atomic E-state index is 0.0140. The molecular formula is C21H40N4O6. The number of aliphatic hydroxyl groups is 2. The lowest BCUT2D eigenvalue weighted by Crippen LogP contribution is -2.47. The molecule has 0 aromatic rings. The predicted molar refractivity (Wildman–Crippen MR) is 117 cm³/mol. The molecule has 0 amide bonds. The standard InChI is InChI=1S/C20H39N3O5.CHNO/c1-5-6-10-26-27-11-8-7-9-16(13-24)19(25-4)18-15(3)17(23-20(21)22)12-14(2)28-18;2-1-3/h12,15-19,24H,5-11,13H2,1-4H3,(H4,21,22,23);3H/t15-,16-,17+,18-,19-;/m1./s1. The number of nitriles is 1. The van der Waals surface area contributed by atoms with Gasteiger partial charge in [0.2, 0.25) is 0 Å². The van der Waals surface area contributed by atoms with E-state index in [4.69, 9.17) is 41.1 Å². The molecule has 6 N–H and O–H groups in total. The lowest BCUT2D eigenvalue weighted by atomic mass is 9.83. The van der Waals surface area contributed by atoms with Gasteiger partial charge in [-0.25, -0.2) is 14.8 Å². The molecule has 5 atom stereocenters. The second-order valence-corrected chi connectivity index (χ2v) is 7.50. The van der Waals surface area contributed by atoms with Crippen LogP contribution < -0.4 is 11.5 Å². The molecule has 0 radical (unpaired) electrons. The molecule has 10 nitrogen and oxygen atoms in total. The fourth-order valence-electron chi connectivity index (χ4n) is 3.48. The lowest BCUT2D eigenvalue weighted by Gasteiger charge is -2.40. The Labute approximate surface area is 185 Å². The van der Waals surface area contributed by atoms with Gasteiger partial charge in [-0.1, -0.05) is 26.7 Å². The molecule has 0 saturated carbocycles. The zero-order chi connectivity index (χ0) is 23.6. The van der Waals surface area contributed by atoms with E-state index in [0.717, 1.165) is 44.1 Å². The normalized spacial score (nSPS) is 22.1. The van der Waals surface area contributed by atoms with Gasteiger partial charge in [-0.15, -0.1) is 0 Å². The maximum atomic E-state index is 9.95. The topological polar surface area (TPSA) is 166 Å². The maximum Gasteiger partial charge on any atom is 0.283 e. The molecule has 0 bridgehead atoms. The summed E-state index contributed by atoms with van der Waals surface area (Å²) in [4.78, 5) is 14.6. The number of aliphatic hydroxyl groups excluding tert-OH is 2. The lowest BCUT2D eigenvalue weighted by molar-refractivity contribution is -0.295. The Balaban J connectivity index is 0.00000282. The number of hydrogen-bond donors (Lipinski definition) is 4. The number of guanidine groups is 1. The summed E-state index contributed by atoms with van der Waals surface area (Å²) in [5, 5.41) is 23.7. The van der Waals surface area contributed by atoms with Crippen molar-refractivity contribution in [2.75, 3.05) is 26.9 Å².